The number of hydrogen-bond donors (Lipinski definition) is 1. The lowest BCUT2D eigenvalue weighted by atomic mass is 9.89. The number of aromatic nitrogens is 2. The smallest absolute Gasteiger partial charge is 0.231 e. The van der Waals surface area contributed by atoms with Crippen molar-refractivity contribution in [3.8, 4) is 11.4 Å². The lowest BCUT2D eigenvalue weighted by molar-refractivity contribution is 0.329. The summed E-state index contributed by atoms with van der Waals surface area (Å²) in [6.45, 7) is 0. The van der Waals surface area contributed by atoms with Gasteiger partial charge in [0.05, 0.1) is 10.9 Å². The second-order valence-electron chi connectivity index (χ2n) is 5.33. The van der Waals surface area contributed by atoms with Crippen molar-refractivity contribution >= 4 is 11.6 Å². The Bertz CT molecular complexity index is 612. The molecule has 3 atom stereocenters. The maximum absolute atomic E-state index is 6.16. The van der Waals surface area contributed by atoms with E-state index in [0.717, 1.165) is 17.9 Å². The average molecular weight is 276 g/mol. The van der Waals surface area contributed by atoms with Crippen molar-refractivity contribution in [1.82, 2.24) is 15.5 Å². The zero-order chi connectivity index (χ0) is 12.8. The Morgan fingerprint density at radius 2 is 2.16 bits per heavy atom. The highest BCUT2D eigenvalue weighted by atomic mass is 35.5. The van der Waals surface area contributed by atoms with Gasteiger partial charge in [0.15, 0.2) is 0 Å². The molecule has 5 heteroatoms. The van der Waals surface area contributed by atoms with Crippen LogP contribution in [0.15, 0.2) is 28.8 Å². The van der Waals surface area contributed by atoms with E-state index in [9.17, 15) is 0 Å². The summed E-state index contributed by atoms with van der Waals surface area (Å²) in [5.74, 6) is 1.69. The number of rotatable bonds is 2. The molecule has 0 radical (unpaired) electrons. The number of fused-ring (bicyclic) bond motifs is 2. The Morgan fingerprint density at radius 3 is 2.89 bits per heavy atom. The lowest BCUT2D eigenvalue weighted by Crippen LogP contribution is -2.21. The highest BCUT2D eigenvalue weighted by molar-refractivity contribution is 6.33. The highest BCUT2D eigenvalue weighted by Crippen LogP contribution is 2.39. The largest absolute Gasteiger partial charge is 0.339 e. The first-order chi connectivity index (χ1) is 9.31. The van der Waals surface area contributed by atoms with Crippen LogP contribution in [-0.2, 0) is 0 Å². The molecular formula is C14H14ClN3O. The second-order valence-corrected chi connectivity index (χ2v) is 5.73. The molecule has 0 amide bonds. The molecule has 2 aliphatic rings. The number of nitrogens with one attached hydrogen (secondary N) is 1. The number of hydrogen-bond acceptors (Lipinski definition) is 4. The van der Waals surface area contributed by atoms with Crippen LogP contribution in [-0.4, -0.2) is 22.2 Å². The molecule has 1 aromatic heterocycles. The standard InChI is InChI=1S/C14H14ClN3O/c15-11-4-2-1-3-9(11)13-17-14(19-18-13)10-7-8-5-6-12(10)16-8/h1-4,8,10,12,16H,5-7H2. The molecule has 0 spiro atoms. The summed E-state index contributed by atoms with van der Waals surface area (Å²) < 4.78 is 5.45. The van der Waals surface area contributed by atoms with Crippen LogP contribution in [0.1, 0.15) is 31.1 Å². The van der Waals surface area contributed by atoms with E-state index >= 15 is 0 Å². The first-order valence-electron chi connectivity index (χ1n) is 6.66. The van der Waals surface area contributed by atoms with Crippen LogP contribution in [0.2, 0.25) is 5.02 Å². The molecule has 1 aromatic carbocycles. The van der Waals surface area contributed by atoms with Crippen molar-refractivity contribution in [1.29, 1.82) is 0 Å². The van der Waals surface area contributed by atoms with Crippen LogP contribution in [0, 0.1) is 0 Å². The molecule has 2 fully saturated rings. The summed E-state index contributed by atoms with van der Waals surface area (Å²) in [4.78, 5) is 4.54. The Labute approximate surface area is 116 Å². The fourth-order valence-corrected chi connectivity index (χ4v) is 3.46. The second kappa shape index (κ2) is 4.32. The normalized spacial score (nSPS) is 29.0. The van der Waals surface area contributed by atoms with Gasteiger partial charge in [-0.05, 0) is 31.4 Å². The molecule has 0 aliphatic carbocycles. The third kappa shape index (κ3) is 1.86. The van der Waals surface area contributed by atoms with Gasteiger partial charge in [-0.15, -0.1) is 0 Å². The molecule has 3 unspecified atom stereocenters. The molecule has 98 valence electrons. The van der Waals surface area contributed by atoms with E-state index in [1.165, 1.54) is 12.8 Å². The zero-order valence-corrected chi connectivity index (χ0v) is 11.1. The molecule has 2 aliphatic heterocycles. The van der Waals surface area contributed by atoms with Crippen molar-refractivity contribution in [2.24, 2.45) is 0 Å². The van der Waals surface area contributed by atoms with Gasteiger partial charge in [-0.25, -0.2) is 0 Å². The Balaban J connectivity index is 1.65. The minimum absolute atomic E-state index is 0.363. The van der Waals surface area contributed by atoms with Gasteiger partial charge in [0, 0.05) is 17.6 Å². The predicted molar refractivity (Wildman–Crippen MR) is 72.0 cm³/mol. The van der Waals surface area contributed by atoms with Gasteiger partial charge in [0.1, 0.15) is 0 Å². The van der Waals surface area contributed by atoms with Crippen molar-refractivity contribution in [3.63, 3.8) is 0 Å². The molecule has 2 aromatic rings. The highest BCUT2D eigenvalue weighted by Gasteiger charge is 2.42. The molecular weight excluding hydrogens is 262 g/mol. The van der Waals surface area contributed by atoms with E-state index in [-0.39, 0.29) is 0 Å². The fraction of sp³-hybridized carbons (Fsp3) is 0.429. The lowest BCUT2D eigenvalue weighted by Gasteiger charge is -2.15. The van der Waals surface area contributed by atoms with Crippen LogP contribution >= 0.6 is 11.6 Å². The van der Waals surface area contributed by atoms with Gasteiger partial charge < -0.3 is 9.84 Å². The molecule has 4 rings (SSSR count). The van der Waals surface area contributed by atoms with Gasteiger partial charge in [-0.3, -0.25) is 0 Å². The molecule has 3 heterocycles. The number of nitrogens with zero attached hydrogens (tertiary/aromatic N) is 2. The quantitative estimate of drug-likeness (QED) is 0.915. The van der Waals surface area contributed by atoms with Crippen molar-refractivity contribution < 1.29 is 4.52 Å². The van der Waals surface area contributed by atoms with Crippen LogP contribution in [0.4, 0.5) is 0 Å². The topological polar surface area (TPSA) is 51.0 Å². The van der Waals surface area contributed by atoms with E-state index in [4.69, 9.17) is 16.1 Å². The molecule has 2 saturated heterocycles. The van der Waals surface area contributed by atoms with Gasteiger partial charge in [-0.2, -0.15) is 4.98 Å². The van der Waals surface area contributed by atoms with Gasteiger partial charge in [-0.1, -0.05) is 28.9 Å². The average Bonchev–Trinajstić information content (AvgIpc) is 3.15. The third-order valence-electron chi connectivity index (χ3n) is 4.17. The maximum atomic E-state index is 6.16. The van der Waals surface area contributed by atoms with E-state index in [1.807, 2.05) is 24.3 Å². The summed E-state index contributed by atoms with van der Waals surface area (Å²) in [5.41, 5.74) is 0.829. The van der Waals surface area contributed by atoms with Crippen LogP contribution in [0.5, 0.6) is 0 Å². The molecule has 0 saturated carbocycles. The van der Waals surface area contributed by atoms with Gasteiger partial charge in [0.25, 0.3) is 0 Å². The van der Waals surface area contributed by atoms with Gasteiger partial charge in [0.2, 0.25) is 11.7 Å². The van der Waals surface area contributed by atoms with Crippen LogP contribution in [0.25, 0.3) is 11.4 Å². The van der Waals surface area contributed by atoms with Crippen molar-refractivity contribution in [3.05, 3.63) is 35.2 Å². The first kappa shape index (κ1) is 11.4. The third-order valence-corrected chi connectivity index (χ3v) is 4.50. The summed E-state index contributed by atoms with van der Waals surface area (Å²) in [6.07, 6.45) is 3.58. The number of benzene rings is 1. The molecule has 1 N–H and O–H groups in total. The predicted octanol–water partition coefficient (Wildman–Crippen LogP) is 3.00. The molecule has 2 bridgehead atoms. The van der Waals surface area contributed by atoms with E-state index in [0.29, 0.717) is 28.8 Å². The van der Waals surface area contributed by atoms with Gasteiger partial charge >= 0.3 is 0 Å². The van der Waals surface area contributed by atoms with E-state index in [2.05, 4.69) is 15.5 Å². The van der Waals surface area contributed by atoms with E-state index in [1.54, 1.807) is 0 Å². The minimum atomic E-state index is 0.363. The SMILES string of the molecule is Clc1ccccc1-c1noc(C2CC3CCC2N3)n1. The fourth-order valence-electron chi connectivity index (χ4n) is 3.23. The molecule has 4 nitrogen and oxygen atoms in total. The maximum Gasteiger partial charge on any atom is 0.231 e. The molecule has 19 heavy (non-hydrogen) atoms. The Morgan fingerprint density at radius 1 is 1.26 bits per heavy atom. The summed E-state index contributed by atoms with van der Waals surface area (Å²) >= 11 is 6.16. The van der Waals surface area contributed by atoms with Crippen LogP contribution in [0.3, 0.4) is 0 Å². The summed E-state index contributed by atoms with van der Waals surface area (Å²) in [6, 6.07) is 8.71. The van der Waals surface area contributed by atoms with Crippen molar-refractivity contribution in [2.45, 2.75) is 37.3 Å². The zero-order valence-electron chi connectivity index (χ0n) is 10.3. The Kier molecular flexibility index (Phi) is 2.60. The van der Waals surface area contributed by atoms with Crippen LogP contribution < -0.4 is 5.32 Å². The Hall–Kier alpha value is -1.39. The number of halogens is 1. The monoisotopic (exact) mass is 275 g/mol. The minimum Gasteiger partial charge on any atom is -0.339 e. The first-order valence-corrected chi connectivity index (χ1v) is 7.03. The van der Waals surface area contributed by atoms with E-state index < -0.39 is 0 Å². The van der Waals surface area contributed by atoms with Crippen molar-refractivity contribution in [2.75, 3.05) is 0 Å². The summed E-state index contributed by atoms with van der Waals surface area (Å²) in [5, 5.41) is 8.31. The summed E-state index contributed by atoms with van der Waals surface area (Å²) in [7, 11) is 0.